The van der Waals surface area contributed by atoms with Gasteiger partial charge >= 0.3 is 0 Å². The Bertz CT molecular complexity index is 234. The van der Waals surface area contributed by atoms with E-state index in [2.05, 4.69) is 32.9 Å². The maximum Gasteiger partial charge on any atom is -0.0351 e. The van der Waals surface area contributed by atoms with Crippen molar-refractivity contribution < 1.29 is 0 Å². The molecule has 0 heteroatoms. The molecular formula is C24H48. The third-order valence-corrected chi connectivity index (χ3v) is 5.27. The van der Waals surface area contributed by atoms with Crippen LogP contribution in [-0.2, 0) is 0 Å². The zero-order valence-corrected chi connectivity index (χ0v) is 17.5. The first kappa shape index (κ1) is 23.7. The molecule has 144 valence electrons. The van der Waals surface area contributed by atoms with Crippen LogP contribution in [0.5, 0.6) is 0 Å². The van der Waals surface area contributed by atoms with Crippen LogP contribution in [0.15, 0.2) is 12.2 Å². The highest BCUT2D eigenvalue weighted by atomic mass is 14.1. The molecule has 0 unspecified atom stereocenters. The van der Waals surface area contributed by atoms with Gasteiger partial charge in [-0.15, -0.1) is 0 Å². The van der Waals surface area contributed by atoms with E-state index in [0.717, 1.165) is 5.92 Å². The Morgan fingerprint density at radius 3 is 1.42 bits per heavy atom. The summed E-state index contributed by atoms with van der Waals surface area (Å²) in [6, 6.07) is 0. The SMILES string of the molecule is CCCCCCCC/C=C\CCCCCCCC(CCC)CCC. The van der Waals surface area contributed by atoms with Gasteiger partial charge in [0, 0.05) is 0 Å². The second-order valence-corrected chi connectivity index (χ2v) is 7.82. The molecule has 0 atom stereocenters. The molecule has 0 bridgehead atoms. The largest absolute Gasteiger partial charge is 0.0885 e. The third-order valence-electron chi connectivity index (χ3n) is 5.27. The van der Waals surface area contributed by atoms with Crippen LogP contribution < -0.4 is 0 Å². The van der Waals surface area contributed by atoms with Gasteiger partial charge < -0.3 is 0 Å². The maximum atomic E-state index is 2.44. The van der Waals surface area contributed by atoms with E-state index in [1.54, 1.807) is 0 Å². The zero-order valence-electron chi connectivity index (χ0n) is 17.5. The van der Waals surface area contributed by atoms with E-state index >= 15 is 0 Å². The number of allylic oxidation sites excluding steroid dienone is 2. The van der Waals surface area contributed by atoms with Crippen molar-refractivity contribution in [2.24, 2.45) is 5.92 Å². The Balaban J connectivity index is 3.25. The second kappa shape index (κ2) is 20.8. The van der Waals surface area contributed by atoms with Gasteiger partial charge in [-0.05, 0) is 31.6 Å². The summed E-state index contributed by atoms with van der Waals surface area (Å²) in [5, 5.41) is 0. The van der Waals surface area contributed by atoms with E-state index in [-0.39, 0.29) is 0 Å². The van der Waals surface area contributed by atoms with Crippen molar-refractivity contribution in [3.8, 4) is 0 Å². The number of hydrogen-bond donors (Lipinski definition) is 0. The molecule has 0 aliphatic carbocycles. The Morgan fingerprint density at radius 1 is 0.458 bits per heavy atom. The van der Waals surface area contributed by atoms with Crippen LogP contribution in [0.1, 0.15) is 136 Å². The average Bonchev–Trinajstić information content (AvgIpc) is 2.58. The Labute approximate surface area is 154 Å². The lowest BCUT2D eigenvalue weighted by atomic mass is 9.92. The first-order valence-electron chi connectivity index (χ1n) is 11.5. The monoisotopic (exact) mass is 336 g/mol. The van der Waals surface area contributed by atoms with E-state index in [0.29, 0.717) is 0 Å². The molecule has 0 saturated carbocycles. The van der Waals surface area contributed by atoms with Gasteiger partial charge in [-0.3, -0.25) is 0 Å². The van der Waals surface area contributed by atoms with E-state index in [1.165, 1.54) is 116 Å². The highest BCUT2D eigenvalue weighted by molar-refractivity contribution is 4.81. The molecule has 0 aromatic rings. The van der Waals surface area contributed by atoms with Crippen LogP contribution in [0.25, 0.3) is 0 Å². The molecule has 0 rings (SSSR count). The van der Waals surface area contributed by atoms with Crippen molar-refractivity contribution in [1.29, 1.82) is 0 Å². The summed E-state index contributed by atoms with van der Waals surface area (Å²) in [6.07, 6.45) is 30.4. The highest BCUT2D eigenvalue weighted by Gasteiger charge is 2.05. The summed E-state index contributed by atoms with van der Waals surface area (Å²) in [5.74, 6) is 1.02. The van der Waals surface area contributed by atoms with Crippen molar-refractivity contribution in [2.45, 2.75) is 136 Å². The maximum absolute atomic E-state index is 2.44. The molecule has 0 heterocycles. The van der Waals surface area contributed by atoms with Gasteiger partial charge in [0.25, 0.3) is 0 Å². The first-order valence-corrected chi connectivity index (χ1v) is 11.5. The average molecular weight is 337 g/mol. The van der Waals surface area contributed by atoms with Gasteiger partial charge in [-0.1, -0.05) is 123 Å². The zero-order chi connectivity index (χ0) is 17.7. The minimum Gasteiger partial charge on any atom is -0.0885 e. The smallest absolute Gasteiger partial charge is 0.0351 e. The molecule has 0 aromatic carbocycles. The van der Waals surface area contributed by atoms with Gasteiger partial charge in [0.05, 0.1) is 0 Å². The van der Waals surface area contributed by atoms with Crippen LogP contribution in [0.3, 0.4) is 0 Å². The molecule has 24 heavy (non-hydrogen) atoms. The van der Waals surface area contributed by atoms with Gasteiger partial charge in [0.1, 0.15) is 0 Å². The Morgan fingerprint density at radius 2 is 0.917 bits per heavy atom. The molecule has 0 aromatic heterocycles. The third kappa shape index (κ3) is 18.1. The first-order chi connectivity index (χ1) is 11.8. The fourth-order valence-corrected chi connectivity index (χ4v) is 3.75. The van der Waals surface area contributed by atoms with Crippen molar-refractivity contribution in [2.75, 3.05) is 0 Å². The minimum atomic E-state index is 1.02. The topological polar surface area (TPSA) is 0 Å². The van der Waals surface area contributed by atoms with Crippen molar-refractivity contribution in [1.82, 2.24) is 0 Å². The summed E-state index contributed by atoms with van der Waals surface area (Å²) in [7, 11) is 0. The molecule has 0 aliphatic rings. The molecule has 0 aliphatic heterocycles. The quantitative estimate of drug-likeness (QED) is 0.163. The summed E-state index contributed by atoms with van der Waals surface area (Å²) in [5.41, 5.74) is 0. The fourth-order valence-electron chi connectivity index (χ4n) is 3.75. The van der Waals surface area contributed by atoms with E-state index in [1.807, 2.05) is 0 Å². The fraction of sp³-hybridized carbons (Fsp3) is 0.917. The summed E-state index contributed by atoms with van der Waals surface area (Å²) < 4.78 is 0. The van der Waals surface area contributed by atoms with E-state index in [4.69, 9.17) is 0 Å². The van der Waals surface area contributed by atoms with Crippen LogP contribution in [0.4, 0.5) is 0 Å². The Kier molecular flexibility index (Phi) is 20.6. The van der Waals surface area contributed by atoms with Gasteiger partial charge in [0.15, 0.2) is 0 Å². The molecule has 0 N–H and O–H groups in total. The van der Waals surface area contributed by atoms with Crippen LogP contribution in [0.2, 0.25) is 0 Å². The number of rotatable bonds is 19. The van der Waals surface area contributed by atoms with Crippen LogP contribution in [-0.4, -0.2) is 0 Å². The van der Waals surface area contributed by atoms with Crippen LogP contribution >= 0.6 is 0 Å². The van der Waals surface area contributed by atoms with Gasteiger partial charge in [-0.25, -0.2) is 0 Å². The summed E-state index contributed by atoms with van der Waals surface area (Å²) in [6.45, 7) is 6.96. The molecule has 0 amide bonds. The normalized spacial score (nSPS) is 11.8. The lowest BCUT2D eigenvalue weighted by molar-refractivity contribution is 0.391. The molecule has 0 spiro atoms. The molecule has 0 saturated heterocycles. The molecule has 0 fully saturated rings. The predicted molar refractivity (Wildman–Crippen MR) is 113 cm³/mol. The lowest BCUT2D eigenvalue weighted by Gasteiger charge is -2.14. The molecule has 0 radical (unpaired) electrons. The van der Waals surface area contributed by atoms with Crippen molar-refractivity contribution >= 4 is 0 Å². The minimum absolute atomic E-state index is 1.02. The van der Waals surface area contributed by atoms with E-state index < -0.39 is 0 Å². The number of unbranched alkanes of at least 4 members (excludes halogenated alkanes) is 11. The lowest BCUT2D eigenvalue weighted by Crippen LogP contribution is -1.99. The summed E-state index contributed by atoms with van der Waals surface area (Å²) in [4.78, 5) is 0. The van der Waals surface area contributed by atoms with Gasteiger partial charge in [-0.2, -0.15) is 0 Å². The second-order valence-electron chi connectivity index (χ2n) is 7.82. The van der Waals surface area contributed by atoms with Gasteiger partial charge in [0.2, 0.25) is 0 Å². The molecule has 0 nitrogen and oxygen atoms in total. The highest BCUT2D eigenvalue weighted by Crippen LogP contribution is 2.21. The predicted octanol–water partition coefficient (Wildman–Crippen LogP) is 9.24. The van der Waals surface area contributed by atoms with Crippen molar-refractivity contribution in [3.63, 3.8) is 0 Å². The Hall–Kier alpha value is -0.260. The van der Waals surface area contributed by atoms with E-state index in [9.17, 15) is 0 Å². The number of hydrogen-bond acceptors (Lipinski definition) is 0. The molecular weight excluding hydrogens is 288 g/mol. The van der Waals surface area contributed by atoms with Crippen LogP contribution in [0, 0.1) is 5.92 Å². The summed E-state index contributed by atoms with van der Waals surface area (Å²) >= 11 is 0. The standard InChI is InChI=1S/C24H48/c1-4-7-8-9-10-11-12-13-14-15-16-17-18-19-20-23-24(21-5-2)22-6-3/h13-14,24H,4-12,15-23H2,1-3H3/b14-13-. The van der Waals surface area contributed by atoms with Crippen molar-refractivity contribution in [3.05, 3.63) is 12.2 Å².